The quantitative estimate of drug-likeness (QED) is 0.543. The maximum absolute atomic E-state index is 11.3. The fourth-order valence-electron chi connectivity index (χ4n) is 2.21. The number of carboxylic acids is 1. The van der Waals surface area contributed by atoms with Gasteiger partial charge in [0.2, 0.25) is 5.16 Å². The first-order valence-electron chi connectivity index (χ1n) is 7.60. The summed E-state index contributed by atoms with van der Waals surface area (Å²) in [5.74, 6) is 0.404. The highest BCUT2D eigenvalue weighted by Gasteiger charge is 2.10. The Morgan fingerprint density at radius 1 is 1.16 bits per heavy atom. The van der Waals surface area contributed by atoms with E-state index in [1.165, 1.54) is 23.5 Å². The molecule has 2 aromatic carbocycles. The molecule has 0 unspecified atom stereocenters. The molecule has 7 heteroatoms. The fourth-order valence-corrected chi connectivity index (χ4v) is 3.10. The number of carbonyl (C=O) groups is 1. The standard InChI is InChI=1S/C18H16N4O2S/c1-13-20-21-18(25-12-14-7-3-2-4-8-14)22(13)19-11-15-9-5-6-10-16(15)17(23)24/h2-11H,12H2,1H3,(H,23,24)/b19-11+. The number of thioether (sulfide) groups is 1. The summed E-state index contributed by atoms with van der Waals surface area (Å²) in [6, 6.07) is 16.8. The summed E-state index contributed by atoms with van der Waals surface area (Å²) in [5, 5.41) is 22.5. The molecule has 0 atom stereocenters. The second kappa shape index (κ2) is 7.76. The number of nitrogens with zero attached hydrogens (tertiary/aromatic N) is 4. The lowest BCUT2D eigenvalue weighted by molar-refractivity contribution is 0.0697. The van der Waals surface area contributed by atoms with Gasteiger partial charge in [-0.15, -0.1) is 10.2 Å². The van der Waals surface area contributed by atoms with Gasteiger partial charge < -0.3 is 5.11 Å². The van der Waals surface area contributed by atoms with Crippen LogP contribution in [0.3, 0.4) is 0 Å². The summed E-state index contributed by atoms with van der Waals surface area (Å²) in [7, 11) is 0. The predicted molar refractivity (Wildman–Crippen MR) is 97.2 cm³/mol. The number of aryl methyl sites for hydroxylation is 1. The molecule has 25 heavy (non-hydrogen) atoms. The van der Waals surface area contributed by atoms with E-state index in [2.05, 4.69) is 15.3 Å². The van der Waals surface area contributed by atoms with Crippen molar-refractivity contribution >= 4 is 23.9 Å². The minimum Gasteiger partial charge on any atom is -0.478 e. The van der Waals surface area contributed by atoms with Crippen molar-refractivity contribution < 1.29 is 9.90 Å². The van der Waals surface area contributed by atoms with Crippen molar-refractivity contribution in [1.82, 2.24) is 14.9 Å². The van der Waals surface area contributed by atoms with Crippen LogP contribution in [0.1, 0.15) is 27.3 Å². The lowest BCUT2D eigenvalue weighted by Crippen LogP contribution is -2.03. The average molecular weight is 352 g/mol. The summed E-state index contributed by atoms with van der Waals surface area (Å²) in [6.07, 6.45) is 1.52. The van der Waals surface area contributed by atoms with E-state index in [4.69, 9.17) is 0 Å². The van der Waals surface area contributed by atoms with E-state index in [9.17, 15) is 9.90 Å². The lowest BCUT2D eigenvalue weighted by atomic mass is 10.1. The van der Waals surface area contributed by atoms with Crippen molar-refractivity contribution in [2.24, 2.45) is 5.10 Å². The van der Waals surface area contributed by atoms with Gasteiger partial charge in [-0.2, -0.15) is 9.78 Å². The summed E-state index contributed by atoms with van der Waals surface area (Å²) < 4.78 is 1.62. The molecule has 3 rings (SSSR count). The second-order valence-corrected chi connectivity index (χ2v) is 6.20. The van der Waals surface area contributed by atoms with Gasteiger partial charge in [0, 0.05) is 11.3 Å². The molecule has 0 spiro atoms. The molecule has 0 amide bonds. The molecule has 1 heterocycles. The van der Waals surface area contributed by atoms with Gasteiger partial charge in [0.1, 0.15) is 0 Å². The molecule has 3 aromatic rings. The molecule has 0 saturated heterocycles. The van der Waals surface area contributed by atoms with Crippen molar-refractivity contribution in [1.29, 1.82) is 0 Å². The molecular weight excluding hydrogens is 336 g/mol. The maximum Gasteiger partial charge on any atom is 0.336 e. The molecule has 1 N–H and O–H groups in total. The Morgan fingerprint density at radius 3 is 2.64 bits per heavy atom. The Bertz CT molecular complexity index is 906. The normalized spacial score (nSPS) is 11.1. The molecule has 1 aromatic heterocycles. The summed E-state index contributed by atoms with van der Waals surface area (Å²) in [5.41, 5.74) is 1.91. The van der Waals surface area contributed by atoms with Crippen LogP contribution in [0.2, 0.25) is 0 Å². The Morgan fingerprint density at radius 2 is 1.88 bits per heavy atom. The van der Waals surface area contributed by atoms with Gasteiger partial charge in [-0.25, -0.2) is 4.79 Å². The first kappa shape index (κ1) is 16.9. The van der Waals surface area contributed by atoms with Gasteiger partial charge in [0.15, 0.2) is 5.82 Å². The Labute approximate surface area is 149 Å². The van der Waals surface area contributed by atoms with Gasteiger partial charge in [0.05, 0.1) is 11.8 Å². The molecule has 0 aliphatic rings. The minimum absolute atomic E-state index is 0.204. The van der Waals surface area contributed by atoms with Crippen molar-refractivity contribution in [2.75, 3.05) is 0 Å². The van der Waals surface area contributed by atoms with E-state index >= 15 is 0 Å². The molecule has 126 valence electrons. The van der Waals surface area contributed by atoms with Gasteiger partial charge in [0.25, 0.3) is 0 Å². The van der Waals surface area contributed by atoms with Gasteiger partial charge in [-0.1, -0.05) is 60.3 Å². The summed E-state index contributed by atoms with van der Waals surface area (Å²) in [6.45, 7) is 1.81. The molecule has 6 nitrogen and oxygen atoms in total. The van der Waals surface area contributed by atoms with Crippen molar-refractivity contribution in [3.05, 3.63) is 77.1 Å². The minimum atomic E-state index is -0.985. The Kier molecular flexibility index (Phi) is 5.25. The van der Waals surface area contributed by atoms with Crippen molar-refractivity contribution in [3.63, 3.8) is 0 Å². The van der Waals surface area contributed by atoms with Gasteiger partial charge in [-0.3, -0.25) is 0 Å². The lowest BCUT2D eigenvalue weighted by Gasteiger charge is -2.03. The van der Waals surface area contributed by atoms with Crippen LogP contribution in [0.4, 0.5) is 0 Å². The van der Waals surface area contributed by atoms with Gasteiger partial charge >= 0.3 is 5.97 Å². The van der Waals surface area contributed by atoms with Crippen LogP contribution in [-0.2, 0) is 5.75 Å². The number of aromatic carboxylic acids is 1. The maximum atomic E-state index is 11.3. The molecule has 0 fully saturated rings. The largest absolute Gasteiger partial charge is 0.478 e. The third-order valence-electron chi connectivity index (χ3n) is 3.48. The highest BCUT2D eigenvalue weighted by Crippen LogP contribution is 2.21. The molecule has 0 bridgehead atoms. The highest BCUT2D eigenvalue weighted by atomic mass is 32.2. The van der Waals surface area contributed by atoms with Crippen molar-refractivity contribution in [3.8, 4) is 0 Å². The number of hydrogen-bond acceptors (Lipinski definition) is 5. The van der Waals surface area contributed by atoms with Crippen LogP contribution >= 0.6 is 11.8 Å². The van der Waals surface area contributed by atoms with Crippen LogP contribution in [0.15, 0.2) is 64.9 Å². The van der Waals surface area contributed by atoms with Crippen LogP contribution in [-0.4, -0.2) is 32.2 Å². The van der Waals surface area contributed by atoms with E-state index in [0.717, 1.165) is 5.75 Å². The SMILES string of the molecule is Cc1nnc(SCc2ccccc2)n1/N=C/c1ccccc1C(=O)O. The van der Waals surface area contributed by atoms with Gasteiger partial charge in [-0.05, 0) is 18.6 Å². The number of carboxylic acid groups (broad SMARTS) is 1. The number of benzene rings is 2. The zero-order chi connectivity index (χ0) is 17.6. The zero-order valence-corrected chi connectivity index (χ0v) is 14.3. The number of aromatic nitrogens is 3. The highest BCUT2D eigenvalue weighted by molar-refractivity contribution is 7.98. The third kappa shape index (κ3) is 4.13. The van der Waals surface area contributed by atoms with Crippen LogP contribution in [0, 0.1) is 6.92 Å². The summed E-state index contributed by atoms with van der Waals surface area (Å²) in [4.78, 5) is 11.3. The van der Waals surface area contributed by atoms with E-state index in [0.29, 0.717) is 16.5 Å². The molecule has 0 radical (unpaired) electrons. The second-order valence-electron chi connectivity index (χ2n) is 5.25. The van der Waals surface area contributed by atoms with E-state index < -0.39 is 5.97 Å². The van der Waals surface area contributed by atoms with E-state index in [1.807, 2.05) is 30.3 Å². The van der Waals surface area contributed by atoms with Crippen LogP contribution in [0.25, 0.3) is 0 Å². The predicted octanol–water partition coefficient (Wildman–Crippen LogP) is 3.46. The van der Waals surface area contributed by atoms with E-state index in [-0.39, 0.29) is 5.56 Å². The monoisotopic (exact) mass is 352 g/mol. The van der Waals surface area contributed by atoms with E-state index in [1.54, 1.807) is 35.9 Å². The third-order valence-corrected chi connectivity index (χ3v) is 4.47. The van der Waals surface area contributed by atoms with Crippen molar-refractivity contribution in [2.45, 2.75) is 17.8 Å². The Hall–Kier alpha value is -2.93. The van der Waals surface area contributed by atoms with Crippen LogP contribution in [0.5, 0.6) is 0 Å². The first-order valence-corrected chi connectivity index (χ1v) is 8.59. The smallest absolute Gasteiger partial charge is 0.336 e. The number of rotatable bonds is 6. The fraction of sp³-hybridized carbons (Fsp3) is 0.111. The average Bonchev–Trinajstić information content (AvgIpc) is 2.99. The molecule has 0 saturated carbocycles. The first-order chi connectivity index (χ1) is 12.1. The Balaban J connectivity index is 1.81. The number of hydrogen-bond donors (Lipinski definition) is 1. The molecule has 0 aliphatic carbocycles. The molecule has 0 aliphatic heterocycles. The zero-order valence-electron chi connectivity index (χ0n) is 13.5. The molecular formula is C18H16N4O2S. The van der Waals surface area contributed by atoms with Crippen LogP contribution < -0.4 is 0 Å². The summed E-state index contributed by atoms with van der Waals surface area (Å²) >= 11 is 1.53. The topological polar surface area (TPSA) is 80.4 Å².